The van der Waals surface area contributed by atoms with Gasteiger partial charge in [-0.15, -0.1) is 0 Å². The molecule has 0 aliphatic carbocycles. The van der Waals surface area contributed by atoms with Crippen LogP contribution in [0.15, 0.2) is 0 Å². The Kier molecular flexibility index (Phi) is 6.24. The molecule has 0 radical (unpaired) electrons. The molecule has 0 spiro atoms. The fourth-order valence-corrected chi connectivity index (χ4v) is 2.11. The molecular formula is C14H22O6. The zero-order chi connectivity index (χ0) is 15.1. The maximum absolute atomic E-state index is 5.45. The van der Waals surface area contributed by atoms with E-state index in [9.17, 15) is 0 Å². The molecule has 6 nitrogen and oxygen atoms in total. The van der Waals surface area contributed by atoms with Crippen molar-refractivity contribution in [3.05, 3.63) is 5.56 Å². The van der Waals surface area contributed by atoms with E-state index in [1.165, 1.54) is 7.11 Å². The molecule has 114 valence electrons. The lowest BCUT2D eigenvalue weighted by Crippen LogP contribution is -2.07. The summed E-state index contributed by atoms with van der Waals surface area (Å²) in [6, 6.07) is 0. The Labute approximate surface area is 119 Å². The summed E-state index contributed by atoms with van der Waals surface area (Å²) in [5, 5.41) is 0. The number of benzene rings is 1. The van der Waals surface area contributed by atoms with E-state index in [1.54, 1.807) is 35.5 Å². The monoisotopic (exact) mass is 286 g/mol. The molecule has 0 amide bonds. The van der Waals surface area contributed by atoms with Gasteiger partial charge in [-0.1, -0.05) is 0 Å². The highest BCUT2D eigenvalue weighted by Gasteiger charge is 2.27. The van der Waals surface area contributed by atoms with Crippen molar-refractivity contribution in [3.63, 3.8) is 0 Å². The zero-order valence-electron chi connectivity index (χ0n) is 12.9. The summed E-state index contributed by atoms with van der Waals surface area (Å²) < 4.78 is 32.2. The lowest BCUT2D eigenvalue weighted by Gasteiger charge is -2.21. The molecule has 1 aromatic rings. The smallest absolute Gasteiger partial charge is 0.211 e. The number of rotatable bonds is 8. The first-order chi connectivity index (χ1) is 9.69. The number of hydrogen-bond donors (Lipinski definition) is 0. The van der Waals surface area contributed by atoms with Crippen molar-refractivity contribution < 1.29 is 28.4 Å². The SMILES string of the molecule is COCCc1c(OC)c(OC)c(OC)c(OC)c1OC. The van der Waals surface area contributed by atoms with Crippen LogP contribution >= 0.6 is 0 Å². The molecular weight excluding hydrogens is 264 g/mol. The van der Waals surface area contributed by atoms with Crippen molar-refractivity contribution in [2.24, 2.45) is 0 Å². The van der Waals surface area contributed by atoms with Gasteiger partial charge in [-0.25, -0.2) is 0 Å². The maximum Gasteiger partial charge on any atom is 0.211 e. The normalized spacial score (nSPS) is 10.1. The van der Waals surface area contributed by atoms with E-state index in [2.05, 4.69) is 0 Å². The molecule has 1 rings (SSSR count). The molecule has 0 atom stereocenters. The molecule has 0 saturated carbocycles. The summed E-state index contributed by atoms with van der Waals surface area (Å²) in [5.74, 6) is 2.49. The third-order valence-electron chi connectivity index (χ3n) is 2.95. The fraction of sp³-hybridized carbons (Fsp3) is 0.571. The van der Waals surface area contributed by atoms with E-state index in [-0.39, 0.29) is 0 Å². The van der Waals surface area contributed by atoms with Crippen LogP contribution < -0.4 is 23.7 Å². The van der Waals surface area contributed by atoms with Gasteiger partial charge in [0.05, 0.1) is 42.2 Å². The highest BCUT2D eigenvalue weighted by atomic mass is 16.6. The molecule has 0 unspecified atom stereocenters. The first-order valence-electron chi connectivity index (χ1n) is 6.11. The van der Waals surface area contributed by atoms with Gasteiger partial charge < -0.3 is 28.4 Å². The minimum atomic E-state index is 0.435. The molecule has 0 aliphatic heterocycles. The summed E-state index contributed by atoms with van der Waals surface area (Å²) in [4.78, 5) is 0. The molecule has 20 heavy (non-hydrogen) atoms. The summed E-state index contributed by atoms with van der Waals surface area (Å²) >= 11 is 0. The second-order valence-corrected chi connectivity index (χ2v) is 3.89. The van der Waals surface area contributed by atoms with E-state index in [0.717, 1.165) is 5.56 Å². The first-order valence-corrected chi connectivity index (χ1v) is 6.11. The van der Waals surface area contributed by atoms with E-state index >= 15 is 0 Å². The quantitative estimate of drug-likeness (QED) is 0.727. The summed E-state index contributed by atoms with van der Waals surface area (Å²) in [5.41, 5.74) is 0.811. The summed E-state index contributed by atoms with van der Waals surface area (Å²) in [6.07, 6.45) is 0.597. The first kappa shape index (κ1) is 16.2. The highest BCUT2D eigenvalue weighted by molar-refractivity contribution is 5.70. The van der Waals surface area contributed by atoms with Crippen LogP contribution in [0, 0.1) is 0 Å². The van der Waals surface area contributed by atoms with Gasteiger partial charge in [0.1, 0.15) is 0 Å². The van der Waals surface area contributed by atoms with E-state index in [4.69, 9.17) is 28.4 Å². The lowest BCUT2D eigenvalue weighted by molar-refractivity contribution is 0.199. The molecule has 0 heterocycles. The van der Waals surface area contributed by atoms with Crippen LogP contribution in [0.3, 0.4) is 0 Å². The number of methoxy groups -OCH3 is 6. The standard InChI is InChI=1S/C14H22O6/c1-15-8-7-9-10(16-2)12(18-4)14(20-6)13(19-5)11(9)17-3/h7-8H2,1-6H3. The van der Waals surface area contributed by atoms with Crippen LogP contribution in [0.4, 0.5) is 0 Å². The maximum atomic E-state index is 5.45. The van der Waals surface area contributed by atoms with Crippen LogP contribution in [0.1, 0.15) is 5.56 Å². The summed E-state index contributed by atoms with van der Waals surface area (Å²) in [7, 11) is 9.41. The molecule has 0 saturated heterocycles. The van der Waals surface area contributed by atoms with Crippen molar-refractivity contribution in [2.75, 3.05) is 49.3 Å². The number of ether oxygens (including phenoxy) is 6. The molecule has 0 aliphatic rings. The van der Waals surface area contributed by atoms with E-state index in [1.807, 2.05) is 0 Å². The molecule has 0 bridgehead atoms. The number of hydrogen-bond acceptors (Lipinski definition) is 6. The van der Waals surface area contributed by atoms with Gasteiger partial charge in [0.15, 0.2) is 11.5 Å². The van der Waals surface area contributed by atoms with Gasteiger partial charge >= 0.3 is 0 Å². The van der Waals surface area contributed by atoms with Crippen molar-refractivity contribution in [1.82, 2.24) is 0 Å². The Bertz CT molecular complexity index is 411. The Hall–Kier alpha value is -1.82. The van der Waals surface area contributed by atoms with Crippen LogP contribution in [0.5, 0.6) is 28.7 Å². The summed E-state index contributed by atoms with van der Waals surface area (Å²) in [6.45, 7) is 0.519. The van der Waals surface area contributed by atoms with Crippen LogP contribution in [-0.2, 0) is 11.2 Å². The minimum absolute atomic E-state index is 0.435. The zero-order valence-corrected chi connectivity index (χ0v) is 12.9. The van der Waals surface area contributed by atoms with Crippen molar-refractivity contribution >= 4 is 0 Å². The van der Waals surface area contributed by atoms with Gasteiger partial charge in [0.25, 0.3) is 0 Å². The molecule has 0 N–H and O–H groups in total. The molecule has 1 aromatic carbocycles. The fourth-order valence-electron chi connectivity index (χ4n) is 2.11. The second kappa shape index (κ2) is 7.69. The van der Waals surface area contributed by atoms with Gasteiger partial charge in [-0.05, 0) is 0 Å². The third kappa shape index (κ3) is 2.85. The van der Waals surface area contributed by atoms with E-state index in [0.29, 0.717) is 41.8 Å². The topological polar surface area (TPSA) is 55.4 Å². The van der Waals surface area contributed by atoms with Gasteiger partial charge in [0, 0.05) is 19.1 Å². The predicted octanol–water partition coefficient (Wildman–Crippen LogP) is 1.92. The van der Waals surface area contributed by atoms with Crippen molar-refractivity contribution in [3.8, 4) is 28.7 Å². The van der Waals surface area contributed by atoms with Crippen LogP contribution in [0.25, 0.3) is 0 Å². The molecule has 6 heteroatoms. The lowest BCUT2D eigenvalue weighted by atomic mass is 10.1. The largest absolute Gasteiger partial charge is 0.492 e. The van der Waals surface area contributed by atoms with Gasteiger partial charge in [-0.2, -0.15) is 0 Å². The molecule has 0 fully saturated rings. The Morgan fingerprint density at radius 2 is 0.900 bits per heavy atom. The Morgan fingerprint density at radius 1 is 0.550 bits per heavy atom. The average Bonchev–Trinajstić information content (AvgIpc) is 2.49. The highest BCUT2D eigenvalue weighted by Crippen LogP contribution is 2.53. The average molecular weight is 286 g/mol. The predicted molar refractivity (Wildman–Crippen MR) is 74.8 cm³/mol. The van der Waals surface area contributed by atoms with Crippen LogP contribution in [0.2, 0.25) is 0 Å². The second-order valence-electron chi connectivity index (χ2n) is 3.89. The van der Waals surface area contributed by atoms with Crippen LogP contribution in [-0.4, -0.2) is 49.3 Å². The van der Waals surface area contributed by atoms with Gasteiger partial charge in [0.2, 0.25) is 17.2 Å². The Balaban J connectivity index is 3.60. The minimum Gasteiger partial charge on any atom is -0.492 e. The molecule has 0 aromatic heterocycles. The van der Waals surface area contributed by atoms with Crippen molar-refractivity contribution in [2.45, 2.75) is 6.42 Å². The van der Waals surface area contributed by atoms with E-state index < -0.39 is 0 Å². The Morgan fingerprint density at radius 3 is 1.20 bits per heavy atom. The van der Waals surface area contributed by atoms with Crippen molar-refractivity contribution in [1.29, 1.82) is 0 Å². The van der Waals surface area contributed by atoms with Gasteiger partial charge in [-0.3, -0.25) is 0 Å². The third-order valence-corrected chi connectivity index (χ3v) is 2.95.